The first kappa shape index (κ1) is 19.3. The van der Waals surface area contributed by atoms with E-state index in [4.69, 9.17) is 9.47 Å². The van der Waals surface area contributed by atoms with Gasteiger partial charge in [0.25, 0.3) is 10.0 Å². The number of anilines is 1. The minimum atomic E-state index is -4.06. The van der Waals surface area contributed by atoms with Gasteiger partial charge >= 0.3 is 0 Å². The van der Waals surface area contributed by atoms with Crippen molar-refractivity contribution in [3.05, 3.63) is 83.7 Å². The number of ether oxygens (including phenoxy) is 2. The summed E-state index contributed by atoms with van der Waals surface area (Å²) in [4.78, 5) is 0.0112. The van der Waals surface area contributed by atoms with Gasteiger partial charge in [0.2, 0.25) is 0 Å². The van der Waals surface area contributed by atoms with Gasteiger partial charge in [0.15, 0.2) is 11.5 Å². The summed E-state index contributed by atoms with van der Waals surface area (Å²) < 4.78 is 53.7. The molecular formula is C22H20FNO4S. The van der Waals surface area contributed by atoms with Crippen LogP contribution in [0.3, 0.4) is 0 Å². The van der Waals surface area contributed by atoms with Crippen molar-refractivity contribution in [1.29, 1.82) is 0 Å². The molecule has 0 atom stereocenters. The van der Waals surface area contributed by atoms with Gasteiger partial charge in [-0.05, 0) is 36.8 Å². The first-order valence-corrected chi connectivity index (χ1v) is 10.6. The zero-order chi connectivity index (χ0) is 20.4. The van der Waals surface area contributed by atoms with Crippen LogP contribution in [0.1, 0.15) is 11.1 Å². The van der Waals surface area contributed by atoms with E-state index in [1.165, 1.54) is 30.3 Å². The molecule has 7 heteroatoms. The molecule has 0 aromatic heterocycles. The van der Waals surface area contributed by atoms with Gasteiger partial charge in [0.05, 0.1) is 17.1 Å². The van der Waals surface area contributed by atoms with Crippen molar-refractivity contribution in [3.8, 4) is 11.5 Å². The van der Waals surface area contributed by atoms with Gasteiger partial charge in [-0.15, -0.1) is 0 Å². The second-order valence-electron chi connectivity index (χ2n) is 6.75. The van der Waals surface area contributed by atoms with Crippen molar-refractivity contribution in [2.24, 2.45) is 0 Å². The number of para-hydroxylation sites is 1. The molecule has 0 aliphatic carbocycles. The number of hydrogen-bond acceptors (Lipinski definition) is 4. The van der Waals surface area contributed by atoms with E-state index in [1.807, 2.05) is 31.2 Å². The smallest absolute Gasteiger partial charge is 0.264 e. The fraction of sp³-hybridized carbons (Fsp3) is 0.182. The highest BCUT2D eigenvalue weighted by atomic mass is 32.2. The fourth-order valence-electron chi connectivity index (χ4n) is 3.12. The first-order valence-electron chi connectivity index (χ1n) is 9.17. The highest BCUT2D eigenvalue weighted by molar-refractivity contribution is 7.92. The number of halogens is 1. The summed E-state index contributed by atoms with van der Waals surface area (Å²) in [7, 11) is -4.06. The average molecular weight is 413 g/mol. The van der Waals surface area contributed by atoms with Crippen LogP contribution in [0.4, 0.5) is 10.1 Å². The molecule has 29 heavy (non-hydrogen) atoms. The van der Waals surface area contributed by atoms with Crippen LogP contribution in [0.2, 0.25) is 0 Å². The predicted molar refractivity (Wildman–Crippen MR) is 108 cm³/mol. The van der Waals surface area contributed by atoms with Crippen LogP contribution >= 0.6 is 0 Å². The number of fused-ring (bicyclic) bond motifs is 1. The lowest BCUT2D eigenvalue weighted by molar-refractivity contribution is 0.171. The van der Waals surface area contributed by atoms with Crippen molar-refractivity contribution in [3.63, 3.8) is 0 Å². The molecule has 1 aliphatic heterocycles. The summed E-state index contributed by atoms with van der Waals surface area (Å²) in [6, 6.07) is 17.7. The molecule has 1 aliphatic rings. The quantitative estimate of drug-likeness (QED) is 0.626. The van der Waals surface area contributed by atoms with Gasteiger partial charge in [-0.3, -0.25) is 4.31 Å². The fourth-order valence-corrected chi connectivity index (χ4v) is 4.60. The van der Waals surface area contributed by atoms with Crippen molar-refractivity contribution in [2.45, 2.75) is 18.4 Å². The molecule has 4 rings (SSSR count). The van der Waals surface area contributed by atoms with Crippen LogP contribution < -0.4 is 13.8 Å². The average Bonchev–Trinajstić information content (AvgIpc) is 2.73. The van der Waals surface area contributed by atoms with Crippen LogP contribution in [0.5, 0.6) is 11.5 Å². The van der Waals surface area contributed by atoms with Crippen LogP contribution in [-0.4, -0.2) is 21.6 Å². The van der Waals surface area contributed by atoms with Crippen molar-refractivity contribution >= 4 is 15.7 Å². The summed E-state index contributed by atoms with van der Waals surface area (Å²) >= 11 is 0. The molecule has 0 unspecified atom stereocenters. The second-order valence-corrected chi connectivity index (χ2v) is 8.62. The van der Waals surface area contributed by atoms with Gasteiger partial charge in [-0.25, -0.2) is 12.8 Å². The van der Waals surface area contributed by atoms with Crippen LogP contribution in [-0.2, 0) is 16.6 Å². The lowest BCUT2D eigenvalue weighted by Crippen LogP contribution is -2.31. The van der Waals surface area contributed by atoms with Gasteiger partial charge < -0.3 is 9.47 Å². The molecule has 0 N–H and O–H groups in total. The largest absolute Gasteiger partial charge is 0.486 e. The zero-order valence-electron chi connectivity index (χ0n) is 15.8. The van der Waals surface area contributed by atoms with Crippen molar-refractivity contribution in [2.75, 3.05) is 17.5 Å². The molecule has 3 aromatic carbocycles. The highest BCUT2D eigenvalue weighted by Crippen LogP contribution is 2.35. The maximum absolute atomic E-state index is 14.6. The Morgan fingerprint density at radius 1 is 0.931 bits per heavy atom. The standard InChI is InChI=1S/C22H20FNO4S/c1-16-6-8-17(9-7-16)15-24(20-5-3-2-4-19(20)23)29(25,26)18-10-11-21-22(14-18)28-13-12-27-21/h2-11,14H,12-13,15H2,1H3. The van der Waals surface area contributed by atoms with E-state index >= 15 is 0 Å². The second kappa shape index (κ2) is 7.75. The summed E-state index contributed by atoms with van der Waals surface area (Å²) in [6.07, 6.45) is 0. The van der Waals surface area contributed by atoms with Crippen molar-refractivity contribution in [1.82, 2.24) is 0 Å². The van der Waals surface area contributed by atoms with Crippen LogP contribution in [0, 0.1) is 12.7 Å². The van der Waals surface area contributed by atoms with E-state index in [0.717, 1.165) is 15.4 Å². The molecule has 0 amide bonds. The molecular weight excluding hydrogens is 393 g/mol. The van der Waals surface area contributed by atoms with Gasteiger partial charge in [0, 0.05) is 6.07 Å². The third-order valence-electron chi connectivity index (χ3n) is 4.67. The predicted octanol–water partition coefficient (Wildman–Crippen LogP) is 4.30. The minimum Gasteiger partial charge on any atom is -0.486 e. The maximum Gasteiger partial charge on any atom is 0.264 e. The molecule has 0 bridgehead atoms. The number of hydrogen-bond donors (Lipinski definition) is 0. The van der Waals surface area contributed by atoms with E-state index in [0.29, 0.717) is 24.7 Å². The van der Waals surface area contributed by atoms with E-state index in [9.17, 15) is 12.8 Å². The maximum atomic E-state index is 14.6. The van der Waals surface area contributed by atoms with Crippen LogP contribution in [0.25, 0.3) is 0 Å². The Bertz CT molecular complexity index is 1130. The van der Waals surface area contributed by atoms with Gasteiger partial charge in [-0.1, -0.05) is 42.0 Å². The highest BCUT2D eigenvalue weighted by Gasteiger charge is 2.29. The summed E-state index contributed by atoms with van der Waals surface area (Å²) in [5.74, 6) is 0.244. The van der Waals surface area contributed by atoms with Gasteiger partial charge in [0.1, 0.15) is 19.0 Å². The Labute approximate surface area is 169 Å². The monoisotopic (exact) mass is 413 g/mol. The third kappa shape index (κ3) is 3.91. The molecule has 5 nitrogen and oxygen atoms in total. The molecule has 1 heterocycles. The Kier molecular flexibility index (Phi) is 5.15. The number of nitrogens with zero attached hydrogens (tertiary/aromatic N) is 1. The summed E-state index contributed by atoms with van der Waals surface area (Å²) in [5.41, 5.74) is 1.80. The molecule has 0 spiro atoms. The molecule has 150 valence electrons. The normalized spacial score (nSPS) is 13.2. The Morgan fingerprint density at radius 3 is 2.34 bits per heavy atom. The minimum absolute atomic E-state index is 0.00200. The first-order chi connectivity index (χ1) is 13.9. The zero-order valence-corrected chi connectivity index (χ0v) is 16.7. The number of benzene rings is 3. The number of rotatable bonds is 5. The SMILES string of the molecule is Cc1ccc(CN(c2ccccc2F)S(=O)(=O)c2ccc3c(c2)OCCO3)cc1. The molecule has 0 fully saturated rings. The third-order valence-corrected chi connectivity index (χ3v) is 6.43. The lowest BCUT2D eigenvalue weighted by Gasteiger charge is -2.26. The van der Waals surface area contributed by atoms with Gasteiger partial charge in [-0.2, -0.15) is 0 Å². The van der Waals surface area contributed by atoms with E-state index in [2.05, 4.69) is 0 Å². The molecule has 0 radical (unpaired) electrons. The van der Waals surface area contributed by atoms with E-state index < -0.39 is 15.8 Å². The van der Waals surface area contributed by atoms with E-state index in [1.54, 1.807) is 12.1 Å². The molecule has 3 aromatic rings. The summed E-state index contributed by atoms with van der Waals surface area (Å²) in [5, 5.41) is 0. The van der Waals surface area contributed by atoms with Crippen molar-refractivity contribution < 1.29 is 22.3 Å². The Morgan fingerprint density at radius 2 is 1.62 bits per heavy atom. The number of sulfonamides is 1. The van der Waals surface area contributed by atoms with Crippen LogP contribution in [0.15, 0.2) is 71.6 Å². The number of aryl methyl sites for hydroxylation is 1. The van der Waals surface area contributed by atoms with E-state index in [-0.39, 0.29) is 17.1 Å². The summed E-state index contributed by atoms with van der Waals surface area (Å²) in [6.45, 7) is 2.70. The molecule has 0 saturated carbocycles. The molecule has 0 saturated heterocycles. The Balaban J connectivity index is 1.79. The topological polar surface area (TPSA) is 55.8 Å². The Hall–Kier alpha value is -3.06. The lowest BCUT2D eigenvalue weighted by atomic mass is 10.1.